The fraction of sp³-hybridized carbons (Fsp3) is 0.250. The largest absolute Gasteiger partial charge is 0.497 e. The second kappa shape index (κ2) is 9.91. The molecule has 164 valence electrons. The minimum absolute atomic E-state index is 0.171. The number of carbonyl (C=O) groups excluding carboxylic acids is 1. The van der Waals surface area contributed by atoms with E-state index in [1.165, 1.54) is 0 Å². The third kappa shape index (κ3) is 5.21. The first kappa shape index (κ1) is 21.3. The number of nitrogens with zero attached hydrogens (tertiary/aromatic N) is 3. The number of methoxy groups -OCH3 is 1. The standard InChI is InChI=1S/C24H26N6O2/c1-16-3-5-25-15-22(16)18-9-17(13-30-24-27-7-8-28-24)10-19(11-18)23(31)29-14-20-12-21(32-2)4-6-26-20/h3-6,9-12,15H,7-8,13-14H2,1-2H3,(H,29,31)(H2,27,28,30). The Labute approximate surface area is 187 Å². The molecule has 0 atom stereocenters. The molecule has 32 heavy (non-hydrogen) atoms. The molecule has 0 unspecified atom stereocenters. The maximum atomic E-state index is 13.0. The highest BCUT2D eigenvalue weighted by molar-refractivity contribution is 5.96. The summed E-state index contributed by atoms with van der Waals surface area (Å²) in [5.41, 5.74) is 5.32. The number of aromatic nitrogens is 2. The molecule has 2 aromatic heterocycles. The smallest absolute Gasteiger partial charge is 0.251 e. The van der Waals surface area contributed by atoms with Gasteiger partial charge in [0, 0.05) is 48.9 Å². The minimum Gasteiger partial charge on any atom is -0.497 e. The predicted molar refractivity (Wildman–Crippen MR) is 124 cm³/mol. The van der Waals surface area contributed by atoms with Gasteiger partial charge in [0.25, 0.3) is 5.91 Å². The molecule has 0 saturated heterocycles. The van der Waals surface area contributed by atoms with Gasteiger partial charge in [0.05, 0.1) is 25.9 Å². The number of guanidine groups is 1. The van der Waals surface area contributed by atoms with E-state index in [2.05, 4.69) is 37.0 Å². The lowest BCUT2D eigenvalue weighted by Gasteiger charge is -2.13. The fourth-order valence-corrected chi connectivity index (χ4v) is 3.50. The maximum absolute atomic E-state index is 13.0. The van der Waals surface area contributed by atoms with Gasteiger partial charge in [-0.05, 0) is 53.9 Å². The number of carbonyl (C=O) groups is 1. The molecule has 0 aliphatic carbocycles. The van der Waals surface area contributed by atoms with E-state index >= 15 is 0 Å². The molecule has 1 aromatic carbocycles. The van der Waals surface area contributed by atoms with Gasteiger partial charge in [0.15, 0.2) is 5.96 Å². The van der Waals surface area contributed by atoms with Crippen LogP contribution >= 0.6 is 0 Å². The quantitative estimate of drug-likeness (QED) is 0.532. The Bertz CT molecular complexity index is 1140. The summed E-state index contributed by atoms with van der Waals surface area (Å²) in [6, 6.07) is 11.4. The van der Waals surface area contributed by atoms with E-state index in [1.54, 1.807) is 31.6 Å². The van der Waals surface area contributed by atoms with E-state index in [4.69, 9.17) is 4.74 Å². The summed E-state index contributed by atoms with van der Waals surface area (Å²) in [4.78, 5) is 25.9. The molecule has 1 aliphatic heterocycles. The average molecular weight is 431 g/mol. The summed E-state index contributed by atoms with van der Waals surface area (Å²) in [7, 11) is 1.60. The summed E-state index contributed by atoms with van der Waals surface area (Å²) in [5.74, 6) is 1.31. The van der Waals surface area contributed by atoms with Crippen molar-refractivity contribution in [3.05, 3.63) is 77.4 Å². The highest BCUT2D eigenvalue weighted by Gasteiger charge is 2.13. The second-order valence-corrected chi connectivity index (χ2v) is 7.49. The van der Waals surface area contributed by atoms with Crippen molar-refractivity contribution in [2.75, 3.05) is 20.2 Å². The summed E-state index contributed by atoms with van der Waals surface area (Å²) >= 11 is 0. The number of nitrogens with one attached hydrogen (secondary N) is 3. The number of amides is 1. The Kier molecular flexibility index (Phi) is 6.60. The highest BCUT2D eigenvalue weighted by Crippen LogP contribution is 2.25. The van der Waals surface area contributed by atoms with Crippen molar-refractivity contribution in [3.8, 4) is 16.9 Å². The Morgan fingerprint density at radius 2 is 2.06 bits per heavy atom. The van der Waals surface area contributed by atoms with Gasteiger partial charge < -0.3 is 20.7 Å². The zero-order valence-electron chi connectivity index (χ0n) is 18.2. The van der Waals surface area contributed by atoms with Crippen molar-refractivity contribution in [3.63, 3.8) is 0 Å². The lowest BCUT2D eigenvalue weighted by Crippen LogP contribution is -2.33. The van der Waals surface area contributed by atoms with E-state index in [1.807, 2.05) is 31.3 Å². The maximum Gasteiger partial charge on any atom is 0.251 e. The lowest BCUT2D eigenvalue weighted by atomic mass is 9.97. The van der Waals surface area contributed by atoms with Gasteiger partial charge in [0.2, 0.25) is 0 Å². The minimum atomic E-state index is -0.171. The van der Waals surface area contributed by atoms with Crippen LogP contribution in [0.4, 0.5) is 0 Å². The summed E-state index contributed by atoms with van der Waals surface area (Å²) < 4.78 is 5.23. The number of aliphatic imine (C=N–C) groups is 1. The van der Waals surface area contributed by atoms with Crippen LogP contribution in [-0.4, -0.2) is 42.0 Å². The first-order valence-corrected chi connectivity index (χ1v) is 10.5. The zero-order chi connectivity index (χ0) is 22.3. The van der Waals surface area contributed by atoms with Crippen LogP contribution in [-0.2, 0) is 13.1 Å². The molecule has 3 heterocycles. The SMILES string of the molecule is COc1ccnc(CNC(=O)c2cc(CNC3=NCCN3)cc(-c3cnccc3C)c2)c1. The van der Waals surface area contributed by atoms with Crippen molar-refractivity contribution >= 4 is 11.9 Å². The van der Waals surface area contributed by atoms with Crippen molar-refractivity contribution in [2.24, 2.45) is 4.99 Å². The summed E-state index contributed by atoms with van der Waals surface area (Å²) in [6.45, 7) is 4.50. The number of aryl methyl sites for hydroxylation is 1. The van der Waals surface area contributed by atoms with Gasteiger partial charge in [-0.25, -0.2) is 0 Å². The molecule has 1 aliphatic rings. The van der Waals surface area contributed by atoms with Crippen LogP contribution < -0.4 is 20.7 Å². The first-order valence-electron chi connectivity index (χ1n) is 10.5. The van der Waals surface area contributed by atoms with Crippen molar-refractivity contribution in [2.45, 2.75) is 20.0 Å². The van der Waals surface area contributed by atoms with E-state index in [-0.39, 0.29) is 5.91 Å². The Morgan fingerprint density at radius 1 is 1.16 bits per heavy atom. The molecule has 4 rings (SSSR count). The summed E-state index contributed by atoms with van der Waals surface area (Å²) in [6.07, 6.45) is 5.25. The Morgan fingerprint density at radius 3 is 2.84 bits per heavy atom. The van der Waals surface area contributed by atoms with Gasteiger partial charge in [-0.3, -0.25) is 19.8 Å². The van der Waals surface area contributed by atoms with Crippen molar-refractivity contribution in [1.29, 1.82) is 0 Å². The molecule has 1 amide bonds. The second-order valence-electron chi connectivity index (χ2n) is 7.49. The molecule has 3 aromatic rings. The van der Waals surface area contributed by atoms with Gasteiger partial charge in [-0.15, -0.1) is 0 Å². The van der Waals surface area contributed by atoms with Crippen LogP contribution in [0.5, 0.6) is 5.75 Å². The monoisotopic (exact) mass is 430 g/mol. The number of rotatable bonds is 7. The molecule has 0 spiro atoms. The number of benzene rings is 1. The van der Waals surface area contributed by atoms with Crippen LogP contribution in [0.1, 0.15) is 27.2 Å². The number of ether oxygens (including phenoxy) is 1. The highest BCUT2D eigenvalue weighted by atomic mass is 16.5. The molecule has 8 heteroatoms. The van der Waals surface area contributed by atoms with E-state index in [0.717, 1.165) is 47.0 Å². The van der Waals surface area contributed by atoms with Crippen LogP contribution in [0.3, 0.4) is 0 Å². The molecule has 0 bridgehead atoms. The van der Waals surface area contributed by atoms with Crippen LogP contribution in [0.2, 0.25) is 0 Å². The number of pyridine rings is 2. The normalized spacial score (nSPS) is 12.6. The van der Waals surface area contributed by atoms with Crippen molar-refractivity contribution in [1.82, 2.24) is 25.9 Å². The predicted octanol–water partition coefficient (Wildman–Crippen LogP) is 2.44. The van der Waals surface area contributed by atoms with Gasteiger partial charge >= 0.3 is 0 Å². The molecule has 0 radical (unpaired) electrons. The molecule has 8 nitrogen and oxygen atoms in total. The van der Waals surface area contributed by atoms with Crippen LogP contribution in [0.25, 0.3) is 11.1 Å². The van der Waals surface area contributed by atoms with Gasteiger partial charge in [-0.2, -0.15) is 0 Å². The molecular formula is C24H26N6O2. The zero-order valence-corrected chi connectivity index (χ0v) is 18.2. The fourth-order valence-electron chi connectivity index (χ4n) is 3.50. The van der Waals surface area contributed by atoms with E-state index in [0.29, 0.717) is 24.4 Å². The Balaban J connectivity index is 1.57. The number of hydrogen-bond acceptors (Lipinski definition) is 7. The van der Waals surface area contributed by atoms with Crippen molar-refractivity contribution < 1.29 is 9.53 Å². The molecule has 0 fully saturated rings. The summed E-state index contributed by atoms with van der Waals surface area (Å²) in [5, 5.41) is 9.45. The lowest BCUT2D eigenvalue weighted by molar-refractivity contribution is 0.0950. The average Bonchev–Trinajstić information content (AvgIpc) is 3.35. The van der Waals surface area contributed by atoms with E-state index < -0.39 is 0 Å². The molecule has 3 N–H and O–H groups in total. The first-order chi connectivity index (χ1) is 15.6. The topological polar surface area (TPSA) is 101 Å². The van der Waals surface area contributed by atoms with Gasteiger partial charge in [-0.1, -0.05) is 0 Å². The molecular weight excluding hydrogens is 404 g/mol. The Hall–Kier alpha value is -3.94. The third-order valence-corrected chi connectivity index (χ3v) is 5.19. The van der Waals surface area contributed by atoms with E-state index in [9.17, 15) is 4.79 Å². The number of hydrogen-bond donors (Lipinski definition) is 3. The third-order valence-electron chi connectivity index (χ3n) is 5.19. The molecule has 0 saturated carbocycles. The van der Waals surface area contributed by atoms with Gasteiger partial charge in [0.1, 0.15) is 5.75 Å². The van der Waals surface area contributed by atoms with Crippen LogP contribution in [0, 0.1) is 6.92 Å². The van der Waals surface area contributed by atoms with Crippen LogP contribution in [0.15, 0.2) is 60.0 Å².